The van der Waals surface area contributed by atoms with Gasteiger partial charge < -0.3 is 9.64 Å². The van der Waals surface area contributed by atoms with Crippen LogP contribution in [0.2, 0.25) is 0 Å². The van der Waals surface area contributed by atoms with E-state index in [9.17, 15) is 9.18 Å². The van der Waals surface area contributed by atoms with Crippen LogP contribution in [0.3, 0.4) is 0 Å². The van der Waals surface area contributed by atoms with E-state index < -0.39 is 0 Å². The Balaban J connectivity index is 1.24. The zero-order valence-corrected chi connectivity index (χ0v) is 15.3. The number of halogens is 1. The summed E-state index contributed by atoms with van der Waals surface area (Å²) in [4.78, 5) is 18.5. The molecule has 1 aromatic carbocycles. The van der Waals surface area contributed by atoms with Gasteiger partial charge in [-0.15, -0.1) is 11.8 Å². The lowest BCUT2D eigenvalue weighted by atomic mass is 9.92. The Kier molecular flexibility index (Phi) is 4.96. The number of amides is 1. The number of nitrogens with zero attached hydrogens (tertiary/aromatic N) is 2. The van der Waals surface area contributed by atoms with Gasteiger partial charge in [0.2, 0.25) is 5.91 Å². The Hall–Kier alpha value is -1.92. The number of hydrogen-bond donors (Lipinski definition) is 0. The number of carbonyl (C=O) groups excluding carboxylic acids is 1. The molecular formula is C20H21FN2O2S. The molecular weight excluding hydrogens is 351 g/mol. The van der Waals surface area contributed by atoms with E-state index in [1.165, 1.54) is 12.1 Å². The van der Waals surface area contributed by atoms with E-state index >= 15 is 0 Å². The molecule has 1 spiro atoms. The molecule has 6 heteroatoms. The van der Waals surface area contributed by atoms with Gasteiger partial charge in [0.05, 0.1) is 29.6 Å². The number of ether oxygens (including phenoxy) is 1. The monoisotopic (exact) mass is 372 g/mol. The number of pyridine rings is 1. The van der Waals surface area contributed by atoms with Crippen LogP contribution >= 0.6 is 11.8 Å². The van der Waals surface area contributed by atoms with Crippen molar-refractivity contribution in [1.29, 1.82) is 0 Å². The summed E-state index contributed by atoms with van der Waals surface area (Å²) in [6.07, 6.45) is 3.21. The second kappa shape index (κ2) is 7.37. The number of carbonyl (C=O) groups is 1. The zero-order valence-electron chi connectivity index (χ0n) is 14.4. The van der Waals surface area contributed by atoms with Gasteiger partial charge in [-0.1, -0.05) is 18.2 Å². The molecule has 0 saturated carbocycles. The van der Waals surface area contributed by atoms with E-state index in [0.29, 0.717) is 6.61 Å². The number of benzene rings is 1. The lowest BCUT2D eigenvalue weighted by molar-refractivity contribution is -0.136. The Labute approximate surface area is 156 Å². The molecule has 2 aromatic rings. The van der Waals surface area contributed by atoms with Crippen LogP contribution in [0.25, 0.3) is 0 Å². The van der Waals surface area contributed by atoms with Crippen LogP contribution in [0, 0.1) is 5.82 Å². The van der Waals surface area contributed by atoms with Gasteiger partial charge in [0.1, 0.15) is 5.82 Å². The number of hydrogen-bond acceptors (Lipinski definition) is 4. The van der Waals surface area contributed by atoms with Crippen molar-refractivity contribution in [2.24, 2.45) is 0 Å². The summed E-state index contributed by atoms with van der Waals surface area (Å²) in [6.45, 7) is 2.05. The molecule has 4 rings (SSSR count). The Bertz CT molecular complexity index is 780. The summed E-state index contributed by atoms with van der Waals surface area (Å²) in [7, 11) is 0. The van der Waals surface area contributed by atoms with Gasteiger partial charge in [-0.05, 0) is 36.2 Å². The molecule has 136 valence electrons. The van der Waals surface area contributed by atoms with Crippen molar-refractivity contribution in [3.05, 3.63) is 65.7 Å². The summed E-state index contributed by atoms with van der Waals surface area (Å²) in [5.41, 5.74) is 1.67. The molecule has 0 aliphatic carbocycles. The van der Waals surface area contributed by atoms with Gasteiger partial charge in [-0.2, -0.15) is 0 Å². The van der Waals surface area contributed by atoms with Crippen molar-refractivity contribution < 1.29 is 13.9 Å². The van der Waals surface area contributed by atoms with Gasteiger partial charge in [0.25, 0.3) is 0 Å². The van der Waals surface area contributed by atoms with Crippen molar-refractivity contribution >= 4 is 17.7 Å². The second-order valence-electron chi connectivity index (χ2n) is 7.01. The summed E-state index contributed by atoms with van der Waals surface area (Å²) in [5, 5.41) is 0. The highest BCUT2D eigenvalue weighted by Crippen LogP contribution is 2.46. The fourth-order valence-electron chi connectivity index (χ4n) is 3.58. The number of rotatable bonds is 5. The first-order valence-corrected chi connectivity index (χ1v) is 9.78. The molecule has 4 nitrogen and oxygen atoms in total. The summed E-state index contributed by atoms with van der Waals surface area (Å²) < 4.78 is 19.4. The highest BCUT2D eigenvalue weighted by Gasteiger charge is 2.50. The quantitative estimate of drug-likeness (QED) is 0.809. The van der Waals surface area contributed by atoms with Crippen LogP contribution in [0.4, 0.5) is 4.39 Å². The molecule has 2 aliphatic heterocycles. The normalized spacial score (nSPS) is 21.0. The van der Waals surface area contributed by atoms with Gasteiger partial charge in [-0.25, -0.2) is 4.39 Å². The average Bonchev–Trinajstić information content (AvgIpc) is 3.04. The molecule has 2 aliphatic rings. The fraction of sp³-hybridized carbons (Fsp3) is 0.400. The zero-order chi connectivity index (χ0) is 18.0. The molecule has 1 aromatic heterocycles. The molecule has 2 saturated heterocycles. The fourth-order valence-corrected chi connectivity index (χ4v) is 5.13. The molecule has 0 bridgehead atoms. The predicted octanol–water partition coefficient (Wildman–Crippen LogP) is 3.07. The highest BCUT2D eigenvalue weighted by atomic mass is 32.2. The maximum atomic E-state index is 13.2. The smallest absolute Gasteiger partial charge is 0.227 e. The minimum absolute atomic E-state index is 0.0691. The third-order valence-corrected chi connectivity index (χ3v) is 6.50. The number of aromatic nitrogens is 1. The van der Waals surface area contributed by atoms with E-state index in [0.717, 1.165) is 36.5 Å². The van der Waals surface area contributed by atoms with Gasteiger partial charge >= 0.3 is 0 Å². The first-order valence-electron chi connectivity index (χ1n) is 8.80. The molecule has 0 N–H and O–H groups in total. The predicted molar refractivity (Wildman–Crippen MR) is 99.3 cm³/mol. The molecule has 2 fully saturated rings. The molecule has 0 radical (unpaired) electrons. The Morgan fingerprint density at radius 1 is 1.31 bits per heavy atom. The van der Waals surface area contributed by atoms with Gasteiger partial charge in [0.15, 0.2) is 0 Å². The average molecular weight is 372 g/mol. The van der Waals surface area contributed by atoms with E-state index in [2.05, 4.69) is 4.98 Å². The van der Waals surface area contributed by atoms with Gasteiger partial charge in [0, 0.05) is 25.0 Å². The van der Waals surface area contributed by atoms with Crippen molar-refractivity contribution in [2.75, 3.05) is 18.8 Å². The van der Waals surface area contributed by atoms with Crippen LogP contribution in [0.5, 0.6) is 0 Å². The molecule has 26 heavy (non-hydrogen) atoms. The molecule has 1 unspecified atom stereocenters. The molecule has 1 atom stereocenters. The Morgan fingerprint density at radius 2 is 2.19 bits per heavy atom. The SMILES string of the molecule is O=C(Cc1cccc(F)c1)N1CC2(CC(OCc3ccccn3)CS2)C1. The first-order chi connectivity index (χ1) is 12.6. The molecule has 3 heterocycles. The standard InChI is InChI=1S/C20H21FN2O2S/c21-16-5-3-4-15(8-16)9-19(24)23-13-20(14-23)10-18(12-26-20)25-11-17-6-1-2-7-22-17/h1-8,18H,9-14H2. The first kappa shape index (κ1) is 17.5. The number of thioether (sulfide) groups is 1. The van der Waals surface area contributed by atoms with Gasteiger partial charge in [-0.3, -0.25) is 9.78 Å². The third-order valence-electron chi connectivity index (χ3n) is 4.92. The maximum Gasteiger partial charge on any atom is 0.227 e. The van der Waals surface area contributed by atoms with Crippen LogP contribution in [0.1, 0.15) is 17.7 Å². The van der Waals surface area contributed by atoms with E-state index in [1.807, 2.05) is 34.9 Å². The van der Waals surface area contributed by atoms with Crippen LogP contribution in [-0.4, -0.2) is 45.5 Å². The topological polar surface area (TPSA) is 42.4 Å². The minimum atomic E-state index is -0.297. The maximum absolute atomic E-state index is 13.2. The van der Waals surface area contributed by atoms with Crippen molar-refractivity contribution in [3.63, 3.8) is 0 Å². The van der Waals surface area contributed by atoms with E-state index in [1.54, 1.807) is 18.3 Å². The minimum Gasteiger partial charge on any atom is -0.371 e. The largest absolute Gasteiger partial charge is 0.371 e. The molecule has 1 amide bonds. The summed E-state index contributed by atoms with van der Waals surface area (Å²) in [5.74, 6) is 0.730. The van der Waals surface area contributed by atoms with Crippen molar-refractivity contribution in [1.82, 2.24) is 9.88 Å². The second-order valence-corrected chi connectivity index (χ2v) is 8.50. The third kappa shape index (κ3) is 3.91. The van der Waals surface area contributed by atoms with E-state index in [-0.39, 0.29) is 29.0 Å². The van der Waals surface area contributed by atoms with Crippen LogP contribution < -0.4 is 0 Å². The van der Waals surface area contributed by atoms with Crippen molar-refractivity contribution in [3.8, 4) is 0 Å². The summed E-state index contributed by atoms with van der Waals surface area (Å²) in [6, 6.07) is 12.1. The lowest BCUT2D eigenvalue weighted by Crippen LogP contribution is -2.61. The Morgan fingerprint density at radius 3 is 2.96 bits per heavy atom. The van der Waals surface area contributed by atoms with Crippen molar-refractivity contribution in [2.45, 2.75) is 30.3 Å². The number of likely N-dealkylation sites (tertiary alicyclic amines) is 1. The lowest BCUT2D eigenvalue weighted by Gasteiger charge is -2.47. The van der Waals surface area contributed by atoms with Crippen LogP contribution in [0.15, 0.2) is 48.7 Å². The highest BCUT2D eigenvalue weighted by molar-refractivity contribution is 8.01. The van der Waals surface area contributed by atoms with E-state index in [4.69, 9.17) is 4.74 Å². The van der Waals surface area contributed by atoms with Crippen LogP contribution in [-0.2, 0) is 22.6 Å². The summed E-state index contributed by atoms with van der Waals surface area (Å²) >= 11 is 1.91.